The van der Waals surface area contributed by atoms with Crippen molar-refractivity contribution in [2.24, 2.45) is 0 Å². The van der Waals surface area contributed by atoms with Gasteiger partial charge in [0.15, 0.2) is 0 Å². The Morgan fingerprint density at radius 2 is 2.26 bits per heavy atom. The lowest BCUT2D eigenvalue weighted by atomic mass is 9.93. The van der Waals surface area contributed by atoms with Gasteiger partial charge in [-0.25, -0.2) is 0 Å². The van der Waals surface area contributed by atoms with Crippen LogP contribution in [0.1, 0.15) is 35.8 Å². The van der Waals surface area contributed by atoms with Gasteiger partial charge in [-0.15, -0.1) is 0 Å². The highest BCUT2D eigenvalue weighted by molar-refractivity contribution is 9.10. The highest BCUT2D eigenvalue weighted by atomic mass is 79.9. The second-order valence-corrected chi connectivity index (χ2v) is 6.18. The molecule has 1 aromatic heterocycles. The quantitative estimate of drug-likeness (QED) is 0.863. The van der Waals surface area contributed by atoms with E-state index in [2.05, 4.69) is 33.4 Å². The van der Waals surface area contributed by atoms with Crippen LogP contribution in [0.3, 0.4) is 0 Å². The van der Waals surface area contributed by atoms with Crippen molar-refractivity contribution < 1.29 is 4.42 Å². The maximum absolute atomic E-state index is 6.24. The highest BCUT2D eigenvalue weighted by Crippen LogP contribution is 2.31. The zero-order valence-electron chi connectivity index (χ0n) is 10.5. The van der Waals surface area contributed by atoms with Gasteiger partial charge in [-0.1, -0.05) is 33.6 Å². The van der Waals surface area contributed by atoms with Crippen molar-refractivity contribution in [3.05, 3.63) is 56.9 Å². The Kier molecular flexibility index (Phi) is 3.96. The van der Waals surface area contributed by atoms with Crippen molar-refractivity contribution in [1.82, 2.24) is 5.32 Å². The third-order valence-corrected chi connectivity index (χ3v) is 4.45. The Morgan fingerprint density at radius 1 is 1.37 bits per heavy atom. The molecule has 0 amide bonds. The molecular weight excluding hydrogens is 326 g/mol. The molecule has 0 spiro atoms. The molecule has 1 atom stereocenters. The number of hydrogen-bond acceptors (Lipinski definition) is 2. The fourth-order valence-corrected chi connectivity index (χ4v) is 3.34. The van der Waals surface area contributed by atoms with Crippen molar-refractivity contribution in [3.8, 4) is 0 Å². The Morgan fingerprint density at radius 3 is 3.11 bits per heavy atom. The molecule has 2 aromatic rings. The summed E-state index contributed by atoms with van der Waals surface area (Å²) >= 11 is 9.66. The second kappa shape index (κ2) is 5.70. The van der Waals surface area contributed by atoms with Crippen LogP contribution in [-0.2, 0) is 13.0 Å². The minimum absolute atomic E-state index is 0.377. The lowest BCUT2D eigenvalue weighted by molar-refractivity contribution is 0.411. The van der Waals surface area contributed by atoms with E-state index >= 15 is 0 Å². The minimum Gasteiger partial charge on any atom is -0.469 e. The van der Waals surface area contributed by atoms with Gasteiger partial charge in [-0.3, -0.25) is 0 Å². The molecule has 1 aliphatic carbocycles. The number of hydrogen-bond donors (Lipinski definition) is 1. The average molecular weight is 341 g/mol. The molecule has 0 fully saturated rings. The van der Waals surface area contributed by atoms with Crippen LogP contribution in [0.2, 0.25) is 5.02 Å². The number of nitrogens with one attached hydrogen (secondary N) is 1. The number of fused-ring (bicyclic) bond motifs is 1. The van der Waals surface area contributed by atoms with Crippen LogP contribution in [0.4, 0.5) is 0 Å². The van der Waals surface area contributed by atoms with Gasteiger partial charge in [0.25, 0.3) is 0 Å². The smallest absolute Gasteiger partial charge is 0.108 e. The zero-order valence-corrected chi connectivity index (χ0v) is 12.8. The molecule has 19 heavy (non-hydrogen) atoms. The molecule has 0 aliphatic heterocycles. The lowest BCUT2D eigenvalue weighted by Crippen LogP contribution is -2.24. The standard InChI is InChI=1S/C15H15BrClNO/c16-11-5-4-10(13(17)8-11)9-18-14-2-1-3-15-12(14)6-7-19-15/h4-8,14,18H,1-3,9H2. The number of furan rings is 1. The summed E-state index contributed by atoms with van der Waals surface area (Å²) < 4.78 is 6.52. The monoisotopic (exact) mass is 339 g/mol. The van der Waals surface area contributed by atoms with Crippen LogP contribution in [0, 0.1) is 0 Å². The summed E-state index contributed by atoms with van der Waals surface area (Å²) in [4.78, 5) is 0. The lowest BCUT2D eigenvalue weighted by Gasteiger charge is -2.23. The Bertz CT molecular complexity index is 581. The van der Waals surface area contributed by atoms with Gasteiger partial charge < -0.3 is 9.73 Å². The van der Waals surface area contributed by atoms with Gasteiger partial charge in [-0.05, 0) is 36.6 Å². The summed E-state index contributed by atoms with van der Waals surface area (Å²) in [6, 6.07) is 8.46. The third-order valence-electron chi connectivity index (χ3n) is 3.61. The molecule has 1 aliphatic rings. The van der Waals surface area contributed by atoms with Gasteiger partial charge in [0.2, 0.25) is 0 Å². The highest BCUT2D eigenvalue weighted by Gasteiger charge is 2.22. The predicted molar refractivity (Wildman–Crippen MR) is 80.4 cm³/mol. The molecule has 1 aromatic carbocycles. The van der Waals surface area contributed by atoms with Crippen molar-refractivity contribution in [2.45, 2.75) is 31.8 Å². The Labute approximate surface area is 126 Å². The minimum atomic E-state index is 0.377. The number of benzene rings is 1. The van der Waals surface area contributed by atoms with E-state index in [4.69, 9.17) is 16.0 Å². The van der Waals surface area contributed by atoms with Gasteiger partial charge in [0.1, 0.15) is 5.76 Å². The van der Waals surface area contributed by atoms with E-state index in [1.807, 2.05) is 12.1 Å². The SMILES string of the molecule is Clc1cc(Br)ccc1CNC1CCCc2occc21. The van der Waals surface area contributed by atoms with Crippen molar-refractivity contribution in [2.75, 3.05) is 0 Å². The van der Waals surface area contributed by atoms with Crippen LogP contribution in [0.25, 0.3) is 0 Å². The molecule has 1 N–H and O–H groups in total. The first-order chi connectivity index (χ1) is 9.24. The van der Waals surface area contributed by atoms with Gasteiger partial charge in [0.05, 0.1) is 6.26 Å². The topological polar surface area (TPSA) is 25.2 Å². The van der Waals surface area contributed by atoms with E-state index in [-0.39, 0.29) is 0 Å². The molecule has 1 unspecified atom stereocenters. The van der Waals surface area contributed by atoms with Crippen LogP contribution < -0.4 is 5.32 Å². The molecule has 1 heterocycles. The first-order valence-electron chi connectivity index (χ1n) is 6.47. The Hall–Kier alpha value is -0.770. The molecule has 2 nitrogen and oxygen atoms in total. The summed E-state index contributed by atoms with van der Waals surface area (Å²) in [6.07, 6.45) is 5.17. The first-order valence-corrected chi connectivity index (χ1v) is 7.65. The predicted octanol–water partition coefficient (Wildman–Crippen LogP) is 4.86. The maximum atomic E-state index is 6.24. The largest absolute Gasteiger partial charge is 0.469 e. The molecule has 0 bridgehead atoms. The molecule has 100 valence electrons. The maximum Gasteiger partial charge on any atom is 0.108 e. The molecule has 0 radical (unpaired) electrons. The van der Waals surface area contributed by atoms with Gasteiger partial charge in [0, 0.05) is 34.1 Å². The van der Waals surface area contributed by atoms with E-state index in [0.29, 0.717) is 6.04 Å². The molecule has 4 heteroatoms. The fraction of sp³-hybridized carbons (Fsp3) is 0.333. The van der Waals surface area contributed by atoms with Crippen LogP contribution in [0.15, 0.2) is 39.4 Å². The van der Waals surface area contributed by atoms with Gasteiger partial charge in [-0.2, -0.15) is 0 Å². The number of aryl methyl sites for hydroxylation is 1. The number of halogens is 2. The Balaban J connectivity index is 1.71. The van der Waals surface area contributed by atoms with Crippen LogP contribution in [0.5, 0.6) is 0 Å². The van der Waals surface area contributed by atoms with Crippen molar-refractivity contribution in [1.29, 1.82) is 0 Å². The van der Waals surface area contributed by atoms with Crippen LogP contribution in [-0.4, -0.2) is 0 Å². The summed E-state index contributed by atoms with van der Waals surface area (Å²) in [5.41, 5.74) is 2.43. The summed E-state index contributed by atoms with van der Waals surface area (Å²) in [6.45, 7) is 0.779. The van der Waals surface area contributed by atoms with Gasteiger partial charge >= 0.3 is 0 Å². The molecule has 3 rings (SSSR count). The molecule has 0 saturated heterocycles. The van der Waals surface area contributed by atoms with E-state index < -0.39 is 0 Å². The average Bonchev–Trinajstić information content (AvgIpc) is 2.86. The second-order valence-electron chi connectivity index (χ2n) is 4.86. The summed E-state index contributed by atoms with van der Waals surface area (Å²) in [5.74, 6) is 1.13. The van der Waals surface area contributed by atoms with E-state index in [1.165, 1.54) is 12.0 Å². The summed E-state index contributed by atoms with van der Waals surface area (Å²) in [7, 11) is 0. The van der Waals surface area contributed by atoms with E-state index in [1.54, 1.807) is 6.26 Å². The fourth-order valence-electron chi connectivity index (χ4n) is 2.60. The summed E-state index contributed by atoms with van der Waals surface area (Å²) in [5, 5.41) is 4.38. The first kappa shape index (κ1) is 13.2. The van der Waals surface area contributed by atoms with E-state index in [0.717, 1.165) is 40.2 Å². The van der Waals surface area contributed by atoms with Crippen LogP contribution >= 0.6 is 27.5 Å². The zero-order chi connectivity index (χ0) is 13.2. The number of rotatable bonds is 3. The molecular formula is C15H15BrClNO. The third kappa shape index (κ3) is 2.88. The van der Waals surface area contributed by atoms with E-state index in [9.17, 15) is 0 Å². The van der Waals surface area contributed by atoms with Crippen molar-refractivity contribution in [3.63, 3.8) is 0 Å². The molecule has 0 saturated carbocycles. The normalized spacial score (nSPS) is 18.3. The van der Waals surface area contributed by atoms with Crippen molar-refractivity contribution >= 4 is 27.5 Å².